The number of ether oxygens (including phenoxy) is 2. The summed E-state index contributed by atoms with van der Waals surface area (Å²) in [5.41, 5.74) is 1.42. The molecule has 2 atom stereocenters. The van der Waals surface area contributed by atoms with Gasteiger partial charge in [0, 0.05) is 6.04 Å². The Morgan fingerprint density at radius 1 is 1.25 bits per heavy atom. The fourth-order valence-corrected chi connectivity index (χ4v) is 2.66. The molecule has 1 aromatic rings. The number of hydrogen-bond acceptors (Lipinski definition) is 3. The molecule has 1 heterocycles. The van der Waals surface area contributed by atoms with E-state index in [1.807, 2.05) is 0 Å². The van der Waals surface area contributed by atoms with E-state index in [0.717, 1.165) is 45.6 Å². The largest absolute Gasteiger partial charge is 0.376 e. The normalized spacial score (nSPS) is 20.8. The molecule has 3 heteroatoms. The molecule has 0 radical (unpaired) electrons. The van der Waals surface area contributed by atoms with Crippen LogP contribution in [0.5, 0.6) is 0 Å². The number of benzene rings is 1. The summed E-state index contributed by atoms with van der Waals surface area (Å²) in [7, 11) is 0. The number of hydrogen-bond donors (Lipinski definition) is 1. The van der Waals surface area contributed by atoms with Crippen LogP contribution in [0.4, 0.5) is 0 Å². The SMILES string of the molecule is CCCNC(CCCc1ccccc1)C1COCCO1. The van der Waals surface area contributed by atoms with Crippen LogP contribution < -0.4 is 5.32 Å². The minimum atomic E-state index is 0.214. The van der Waals surface area contributed by atoms with E-state index < -0.39 is 0 Å². The van der Waals surface area contributed by atoms with E-state index in [9.17, 15) is 0 Å². The van der Waals surface area contributed by atoms with E-state index in [1.54, 1.807) is 0 Å². The quantitative estimate of drug-likeness (QED) is 0.792. The van der Waals surface area contributed by atoms with Crippen molar-refractivity contribution >= 4 is 0 Å². The summed E-state index contributed by atoms with van der Waals surface area (Å²) in [6, 6.07) is 11.1. The van der Waals surface area contributed by atoms with E-state index in [4.69, 9.17) is 9.47 Å². The molecule has 3 nitrogen and oxygen atoms in total. The van der Waals surface area contributed by atoms with Crippen molar-refractivity contribution in [3.63, 3.8) is 0 Å². The Morgan fingerprint density at radius 2 is 2.10 bits per heavy atom. The van der Waals surface area contributed by atoms with E-state index in [2.05, 4.69) is 42.6 Å². The Labute approximate surface area is 122 Å². The Hall–Kier alpha value is -0.900. The van der Waals surface area contributed by atoms with Gasteiger partial charge in [-0.05, 0) is 37.8 Å². The number of nitrogens with one attached hydrogen (secondary N) is 1. The van der Waals surface area contributed by atoms with Gasteiger partial charge in [0.25, 0.3) is 0 Å². The molecule has 1 aliphatic rings. The minimum absolute atomic E-state index is 0.214. The van der Waals surface area contributed by atoms with Crippen LogP contribution in [-0.2, 0) is 15.9 Å². The maximum atomic E-state index is 5.85. The van der Waals surface area contributed by atoms with Crippen LogP contribution in [0.3, 0.4) is 0 Å². The first kappa shape index (κ1) is 15.5. The molecular weight excluding hydrogens is 250 g/mol. The standard InChI is InChI=1S/C17H27NO2/c1-2-11-18-16(17-14-19-12-13-20-17)10-6-9-15-7-4-3-5-8-15/h3-5,7-8,16-18H,2,6,9-14H2,1H3. The maximum Gasteiger partial charge on any atom is 0.0962 e. The summed E-state index contributed by atoms with van der Waals surface area (Å²) in [4.78, 5) is 0. The van der Waals surface area contributed by atoms with Gasteiger partial charge in [-0.15, -0.1) is 0 Å². The van der Waals surface area contributed by atoms with Gasteiger partial charge in [0.15, 0.2) is 0 Å². The lowest BCUT2D eigenvalue weighted by molar-refractivity contribution is -0.102. The van der Waals surface area contributed by atoms with E-state index in [-0.39, 0.29) is 6.10 Å². The highest BCUT2D eigenvalue weighted by molar-refractivity contribution is 5.14. The molecule has 1 aromatic carbocycles. The summed E-state index contributed by atoms with van der Waals surface area (Å²) in [6.45, 7) is 5.45. The van der Waals surface area contributed by atoms with Crippen LogP contribution in [0.2, 0.25) is 0 Å². The summed E-state index contributed by atoms with van der Waals surface area (Å²) >= 11 is 0. The zero-order valence-corrected chi connectivity index (χ0v) is 12.5. The highest BCUT2D eigenvalue weighted by Gasteiger charge is 2.24. The second-order valence-corrected chi connectivity index (χ2v) is 5.42. The van der Waals surface area contributed by atoms with Gasteiger partial charge in [0.2, 0.25) is 0 Å². The van der Waals surface area contributed by atoms with Crippen molar-refractivity contribution in [3.8, 4) is 0 Å². The van der Waals surface area contributed by atoms with Crippen molar-refractivity contribution in [1.29, 1.82) is 0 Å². The molecule has 1 fully saturated rings. The Morgan fingerprint density at radius 3 is 2.80 bits per heavy atom. The number of aryl methyl sites for hydroxylation is 1. The molecule has 0 bridgehead atoms. The molecule has 0 aromatic heterocycles. The van der Waals surface area contributed by atoms with Crippen LogP contribution in [0.15, 0.2) is 30.3 Å². The Kier molecular flexibility index (Phi) is 7.06. The molecular formula is C17H27NO2. The predicted octanol–water partition coefficient (Wildman–Crippen LogP) is 2.79. The molecule has 2 unspecified atom stereocenters. The lowest BCUT2D eigenvalue weighted by Gasteiger charge is -2.31. The van der Waals surface area contributed by atoms with Crippen molar-refractivity contribution in [2.75, 3.05) is 26.4 Å². The molecule has 0 spiro atoms. The van der Waals surface area contributed by atoms with Crippen molar-refractivity contribution in [2.24, 2.45) is 0 Å². The third-order valence-electron chi connectivity index (χ3n) is 3.77. The van der Waals surface area contributed by atoms with Gasteiger partial charge in [-0.2, -0.15) is 0 Å². The molecule has 1 aliphatic heterocycles. The first-order valence-electron chi connectivity index (χ1n) is 7.87. The maximum absolute atomic E-state index is 5.85. The van der Waals surface area contributed by atoms with Gasteiger partial charge >= 0.3 is 0 Å². The van der Waals surface area contributed by atoms with E-state index >= 15 is 0 Å². The zero-order chi connectivity index (χ0) is 14.0. The molecule has 0 aliphatic carbocycles. The van der Waals surface area contributed by atoms with Gasteiger partial charge in [0.05, 0.1) is 25.9 Å². The smallest absolute Gasteiger partial charge is 0.0962 e. The Balaban J connectivity index is 1.77. The highest BCUT2D eigenvalue weighted by atomic mass is 16.6. The first-order chi connectivity index (χ1) is 9.90. The van der Waals surface area contributed by atoms with E-state index in [0.29, 0.717) is 6.04 Å². The fourth-order valence-electron chi connectivity index (χ4n) is 2.66. The predicted molar refractivity (Wildman–Crippen MR) is 82.0 cm³/mol. The van der Waals surface area contributed by atoms with Crippen LogP contribution in [0, 0.1) is 0 Å². The minimum Gasteiger partial charge on any atom is -0.376 e. The van der Waals surface area contributed by atoms with Crippen LogP contribution in [0.25, 0.3) is 0 Å². The molecule has 2 rings (SSSR count). The second-order valence-electron chi connectivity index (χ2n) is 5.42. The van der Waals surface area contributed by atoms with Crippen molar-refractivity contribution < 1.29 is 9.47 Å². The Bertz CT molecular complexity index is 349. The molecule has 0 saturated carbocycles. The van der Waals surface area contributed by atoms with E-state index in [1.165, 1.54) is 12.0 Å². The second kappa shape index (κ2) is 9.11. The van der Waals surface area contributed by atoms with Crippen molar-refractivity contribution in [1.82, 2.24) is 5.32 Å². The number of rotatable bonds is 8. The summed E-state index contributed by atoms with van der Waals surface area (Å²) in [6.07, 6.45) is 4.83. The third kappa shape index (κ3) is 5.23. The topological polar surface area (TPSA) is 30.5 Å². The fraction of sp³-hybridized carbons (Fsp3) is 0.647. The van der Waals surface area contributed by atoms with Crippen LogP contribution in [0.1, 0.15) is 31.7 Å². The molecule has 20 heavy (non-hydrogen) atoms. The lowest BCUT2D eigenvalue weighted by Crippen LogP contribution is -2.46. The third-order valence-corrected chi connectivity index (χ3v) is 3.77. The van der Waals surface area contributed by atoms with Gasteiger partial charge in [0.1, 0.15) is 0 Å². The zero-order valence-electron chi connectivity index (χ0n) is 12.5. The average Bonchev–Trinajstić information content (AvgIpc) is 2.52. The molecule has 112 valence electrons. The highest BCUT2D eigenvalue weighted by Crippen LogP contribution is 2.13. The molecule has 0 amide bonds. The van der Waals surface area contributed by atoms with Crippen molar-refractivity contribution in [2.45, 2.75) is 44.8 Å². The van der Waals surface area contributed by atoms with Gasteiger partial charge < -0.3 is 14.8 Å². The average molecular weight is 277 g/mol. The molecule has 1 saturated heterocycles. The van der Waals surface area contributed by atoms with Crippen LogP contribution in [-0.4, -0.2) is 38.5 Å². The van der Waals surface area contributed by atoms with Gasteiger partial charge in [-0.3, -0.25) is 0 Å². The monoisotopic (exact) mass is 277 g/mol. The lowest BCUT2D eigenvalue weighted by atomic mass is 10.0. The molecule has 1 N–H and O–H groups in total. The summed E-state index contributed by atoms with van der Waals surface area (Å²) < 4.78 is 11.4. The van der Waals surface area contributed by atoms with Crippen LogP contribution >= 0.6 is 0 Å². The summed E-state index contributed by atoms with van der Waals surface area (Å²) in [5.74, 6) is 0. The van der Waals surface area contributed by atoms with Gasteiger partial charge in [-0.1, -0.05) is 37.3 Å². The summed E-state index contributed by atoms with van der Waals surface area (Å²) in [5, 5.41) is 3.62. The van der Waals surface area contributed by atoms with Gasteiger partial charge in [-0.25, -0.2) is 0 Å². The van der Waals surface area contributed by atoms with Crippen molar-refractivity contribution in [3.05, 3.63) is 35.9 Å². The first-order valence-corrected chi connectivity index (χ1v) is 7.87.